The van der Waals surface area contributed by atoms with Gasteiger partial charge < -0.3 is 16.6 Å². The van der Waals surface area contributed by atoms with Crippen molar-refractivity contribution in [2.75, 3.05) is 12.0 Å². The third kappa shape index (κ3) is 6.69. The number of sulfone groups is 1. The average Bonchev–Trinajstić information content (AvgIpc) is 3.19. The number of anilines is 1. The number of hydrogen-bond donors (Lipinski definition) is 4. The zero-order valence-electron chi connectivity index (χ0n) is 18.1. The second-order valence-corrected chi connectivity index (χ2v) is 11.4. The number of nitrogens with one attached hydrogen (secondary N) is 1. The summed E-state index contributed by atoms with van der Waals surface area (Å²) in [6.45, 7) is 1.88. The van der Waals surface area contributed by atoms with E-state index in [2.05, 4.69) is 0 Å². The highest BCUT2D eigenvalue weighted by Crippen LogP contribution is 2.39. The summed E-state index contributed by atoms with van der Waals surface area (Å²) in [4.78, 5) is 9.64. The number of nitrogen functional groups attached to an aromatic ring is 2. The van der Waals surface area contributed by atoms with Crippen molar-refractivity contribution in [1.29, 1.82) is 5.41 Å². The minimum Gasteiger partial charge on any atom is -0.475 e. The molecule has 0 atom stereocenters. The summed E-state index contributed by atoms with van der Waals surface area (Å²) in [5.74, 6) is -2.91. The number of aryl methyl sites for hydroxylation is 1. The molecule has 0 radical (unpaired) electrons. The summed E-state index contributed by atoms with van der Waals surface area (Å²) in [5.41, 5.74) is 14.2. The number of halogens is 4. The molecule has 0 aliphatic heterocycles. The van der Waals surface area contributed by atoms with Crippen molar-refractivity contribution in [3.8, 4) is 11.1 Å². The quantitative estimate of drug-likeness (QED) is 0.139. The molecule has 35 heavy (non-hydrogen) atoms. The van der Waals surface area contributed by atoms with Crippen LogP contribution in [0.5, 0.6) is 0 Å². The van der Waals surface area contributed by atoms with Crippen LogP contribution >= 0.6 is 34.7 Å². The number of carboxylic acids is 1. The molecule has 1 aromatic heterocycles. The van der Waals surface area contributed by atoms with Gasteiger partial charge in [-0.25, -0.2) is 13.2 Å². The summed E-state index contributed by atoms with van der Waals surface area (Å²) in [6, 6.07) is 11.6. The van der Waals surface area contributed by atoms with Gasteiger partial charge in [-0.15, -0.1) is 23.1 Å². The van der Waals surface area contributed by atoms with Crippen molar-refractivity contribution in [1.82, 2.24) is 0 Å². The Hall–Kier alpha value is -2.74. The number of thiophene rings is 1. The van der Waals surface area contributed by atoms with E-state index in [1.54, 1.807) is 36.6 Å². The summed E-state index contributed by atoms with van der Waals surface area (Å²) in [6.07, 6.45) is -3.29. The van der Waals surface area contributed by atoms with Gasteiger partial charge in [-0.2, -0.15) is 13.2 Å². The number of thioether (sulfide) groups is 1. The Morgan fingerprint density at radius 3 is 2.29 bits per heavy atom. The highest BCUT2D eigenvalue weighted by molar-refractivity contribution is 8.01. The van der Waals surface area contributed by atoms with Gasteiger partial charge in [0.05, 0.1) is 23.9 Å². The van der Waals surface area contributed by atoms with Crippen LogP contribution in [0, 0.1) is 12.3 Å². The maximum absolute atomic E-state index is 13.3. The molecule has 0 bridgehead atoms. The van der Waals surface area contributed by atoms with Gasteiger partial charge in [-0.3, -0.25) is 5.41 Å². The predicted molar refractivity (Wildman–Crippen MR) is 132 cm³/mol. The Bertz CT molecular complexity index is 1370. The molecule has 0 aliphatic carbocycles. The molecule has 14 heteroatoms. The second kappa shape index (κ2) is 10.9. The first kappa shape index (κ1) is 28.5. The van der Waals surface area contributed by atoms with E-state index in [0.717, 1.165) is 11.1 Å². The number of alkyl halides is 3. The van der Waals surface area contributed by atoms with Crippen LogP contribution in [0.2, 0.25) is 5.02 Å². The fourth-order valence-corrected chi connectivity index (χ4v) is 7.19. The van der Waals surface area contributed by atoms with E-state index in [0.29, 0.717) is 25.4 Å². The number of nitrogens with two attached hydrogens (primary N) is 2. The van der Waals surface area contributed by atoms with E-state index in [1.807, 2.05) is 13.0 Å². The van der Waals surface area contributed by atoms with Gasteiger partial charge in [0.1, 0.15) is 5.84 Å². The van der Waals surface area contributed by atoms with Crippen LogP contribution in [-0.2, 0) is 14.6 Å². The van der Waals surface area contributed by atoms with E-state index >= 15 is 0 Å². The van der Waals surface area contributed by atoms with E-state index in [4.69, 9.17) is 38.4 Å². The van der Waals surface area contributed by atoms with E-state index in [-0.39, 0.29) is 15.6 Å². The molecular formula is C21H19ClF3N3O4S3. The van der Waals surface area contributed by atoms with Crippen LogP contribution in [0.15, 0.2) is 56.5 Å². The molecule has 0 unspecified atom stereocenters. The smallest absolute Gasteiger partial charge is 0.475 e. The summed E-state index contributed by atoms with van der Waals surface area (Å²) >= 11 is 8.88. The van der Waals surface area contributed by atoms with Crippen molar-refractivity contribution >= 4 is 62.0 Å². The Labute approximate surface area is 212 Å². The maximum Gasteiger partial charge on any atom is 0.490 e. The van der Waals surface area contributed by atoms with Gasteiger partial charge in [0.25, 0.3) is 0 Å². The average molecular weight is 566 g/mol. The van der Waals surface area contributed by atoms with Crippen molar-refractivity contribution < 1.29 is 31.5 Å². The van der Waals surface area contributed by atoms with Crippen LogP contribution in [0.1, 0.15) is 10.4 Å². The monoisotopic (exact) mass is 565 g/mol. The molecule has 0 fully saturated rings. The lowest BCUT2D eigenvalue weighted by molar-refractivity contribution is -0.192. The number of benzene rings is 2. The van der Waals surface area contributed by atoms with Crippen LogP contribution in [-0.4, -0.2) is 37.8 Å². The van der Waals surface area contributed by atoms with Gasteiger partial charge in [0.2, 0.25) is 9.84 Å². The van der Waals surface area contributed by atoms with Crippen LogP contribution in [0.25, 0.3) is 11.1 Å². The fraction of sp³-hybridized carbons (Fsp3) is 0.143. The first-order chi connectivity index (χ1) is 16.1. The Morgan fingerprint density at radius 1 is 1.20 bits per heavy atom. The number of rotatable bonds is 5. The van der Waals surface area contributed by atoms with E-state index in [1.165, 1.54) is 29.2 Å². The third-order valence-corrected chi connectivity index (χ3v) is 9.03. The zero-order chi connectivity index (χ0) is 26.7. The molecular weight excluding hydrogens is 547 g/mol. The summed E-state index contributed by atoms with van der Waals surface area (Å²) in [5, 5.41) is 15.2. The topological polar surface area (TPSA) is 147 Å². The molecule has 0 spiro atoms. The second-order valence-electron chi connectivity index (χ2n) is 6.91. The molecule has 0 saturated carbocycles. The Morgan fingerprint density at radius 2 is 1.80 bits per heavy atom. The Kier molecular flexibility index (Phi) is 8.87. The molecule has 2 aromatic carbocycles. The van der Waals surface area contributed by atoms with Gasteiger partial charge in [0, 0.05) is 11.3 Å². The molecule has 188 valence electrons. The molecule has 0 aliphatic rings. The molecule has 6 N–H and O–H groups in total. The standard InChI is InChI=1S/C19H18ClN3O2S3.C2HF3O2/c1-10-6-12(21)8-14(20)17(10)11-4-3-5-13(7-11)28(24,25)16-9-15(18(22)23)27-19(16)26-2;3-2(4,5)1(6)7/h3-9H,21H2,1-2H3,(H3,22,23);(H,6,7). The third-order valence-electron chi connectivity index (χ3n) is 4.39. The minimum absolute atomic E-state index is 0.153. The lowest BCUT2D eigenvalue weighted by Crippen LogP contribution is -2.21. The Balaban J connectivity index is 0.000000540. The van der Waals surface area contributed by atoms with Crippen molar-refractivity contribution in [2.24, 2.45) is 5.73 Å². The molecule has 3 aromatic rings. The van der Waals surface area contributed by atoms with Gasteiger partial charge >= 0.3 is 12.1 Å². The highest BCUT2D eigenvalue weighted by Gasteiger charge is 2.38. The number of aliphatic carboxylic acids is 1. The predicted octanol–water partition coefficient (Wildman–Crippen LogP) is 5.43. The largest absolute Gasteiger partial charge is 0.490 e. The van der Waals surface area contributed by atoms with Crippen LogP contribution in [0.4, 0.5) is 18.9 Å². The van der Waals surface area contributed by atoms with Crippen molar-refractivity contribution in [3.63, 3.8) is 0 Å². The number of amidine groups is 1. The first-order valence-electron chi connectivity index (χ1n) is 9.33. The van der Waals surface area contributed by atoms with Crippen molar-refractivity contribution in [3.05, 3.63) is 57.9 Å². The fourth-order valence-electron chi connectivity index (χ4n) is 2.90. The summed E-state index contributed by atoms with van der Waals surface area (Å²) in [7, 11) is -3.79. The lowest BCUT2D eigenvalue weighted by atomic mass is 10.00. The van der Waals surface area contributed by atoms with Gasteiger partial charge in [-0.05, 0) is 54.6 Å². The molecule has 7 nitrogen and oxygen atoms in total. The zero-order valence-corrected chi connectivity index (χ0v) is 21.3. The maximum atomic E-state index is 13.3. The number of hydrogen-bond acceptors (Lipinski definition) is 7. The number of carboxylic acid groups (broad SMARTS) is 1. The van der Waals surface area contributed by atoms with Crippen LogP contribution in [0.3, 0.4) is 0 Å². The van der Waals surface area contributed by atoms with E-state index in [9.17, 15) is 21.6 Å². The normalized spacial score (nSPS) is 11.5. The minimum atomic E-state index is -5.08. The van der Waals surface area contributed by atoms with Gasteiger partial charge in [0.15, 0.2) is 0 Å². The van der Waals surface area contributed by atoms with E-state index < -0.39 is 22.0 Å². The van der Waals surface area contributed by atoms with Crippen molar-refractivity contribution in [2.45, 2.75) is 27.1 Å². The lowest BCUT2D eigenvalue weighted by Gasteiger charge is -2.12. The highest BCUT2D eigenvalue weighted by atomic mass is 35.5. The molecule has 3 rings (SSSR count). The molecule has 1 heterocycles. The van der Waals surface area contributed by atoms with Gasteiger partial charge in [-0.1, -0.05) is 23.7 Å². The SMILES string of the molecule is CSc1sc(C(=N)N)cc1S(=O)(=O)c1cccc(-c2c(C)cc(N)cc2Cl)c1.O=C(O)C(F)(F)F. The molecule has 0 saturated heterocycles. The number of carbonyl (C=O) groups is 1. The van der Waals surface area contributed by atoms with Crippen LogP contribution < -0.4 is 11.5 Å². The summed E-state index contributed by atoms with van der Waals surface area (Å²) < 4.78 is 58.9. The first-order valence-corrected chi connectivity index (χ1v) is 13.2. The molecule has 0 amide bonds.